The topological polar surface area (TPSA) is 113 Å². The van der Waals surface area contributed by atoms with Gasteiger partial charge < -0.3 is 19.7 Å². The number of hydrogen-bond acceptors (Lipinski definition) is 6. The number of aliphatic hydroxyl groups excluding tert-OH is 1. The lowest BCUT2D eigenvalue weighted by Gasteiger charge is -2.32. The minimum absolute atomic E-state index is 0.0966. The summed E-state index contributed by atoms with van der Waals surface area (Å²) in [5, 5.41) is 19.5. The molecule has 1 saturated heterocycles. The lowest BCUT2D eigenvalue weighted by Crippen LogP contribution is -2.46. The van der Waals surface area contributed by atoms with E-state index in [1.165, 1.54) is 11.1 Å². The largest absolute Gasteiger partial charge is 0.391 e. The third kappa shape index (κ3) is 3.45. The number of amides is 1. The van der Waals surface area contributed by atoms with Crippen LogP contribution in [-0.2, 0) is 11.2 Å². The van der Waals surface area contributed by atoms with Gasteiger partial charge in [-0.2, -0.15) is 0 Å². The van der Waals surface area contributed by atoms with Gasteiger partial charge in [-0.3, -0.25) is 14.0 Å². The summed E-state index contributed by atoms with van der Waals surface area (Å²) in [6.07, 6.45) is 2.28. The summed E-state index contributed by atoms with van der Waals surface area (Å²) in [4.78, 5) is 32.0. The van der Waals surface area contributed by atoms with Crippen molar-refractivity contribution >= 4 is 22.6 Å². The molecule has 0 bridgehead atoms. The van der Waals surface area contributed by atoms with Crippen molar-refractivity contribution in [2.45, 2.75) is 63.0 Å². The first-order chi connectivity index (χ1) is 18.4. The van der Waals surface area contributed by atoms with E-state index in [0.29, 0.717) is 49.2 Å². The number of benzene rings is 2. The summed E-state index contributed by atoms with van der Waals surface area (Å²) in [7, 11) is 0. The molecule has 3 aliphatic rings. The second-order valence-electron chi connectivity index (χ2n) is 11.3. The first-order valence-electron chi connectivity index (χ1n) is 13.4. The Labute approximate surface area is 219 Å². The molecule has 1 spiro atoms. The van der Waals surface area contributed by atoms with Crippen LogP contribution in [0.1, 0.15) is 70.9 Å². The van der Waals surface area contributed by atoms with E-state index in [2.05, 4.69) is 34.2 Å². The zero-order chi connectivity index (χ0) is 26.2. The first kappa shape index (κ1) is 23.5. The molecule has 9 heteroatoms. The van der Waals surface area contributed by atoms with E-state index >= 15 is 0 Å². The van der Waals surface area contributed by atoms with Crippen LogP contribution in [0, 0.1) is 6.92 Å². The van der Waals surface area contributed by atoms with Crippen molar-refractivity contribution in [1.29, 1.82) is 0 Å². The average molecular weight is 514 g/mol. The minimum Gasteiger partial charge on any atom is -0.391 e. The van der Waals surface area contributed by atoms with E-state index in [4.69, 9.17) is 4.74 Å². The Morgan fingerprint density at radius 2 is 1.95 bits per heavy atom. The Bertz CT molecular complexity index is 1650. The molecule has 3 unspecified atom stereocenters. The van der Waals surface area contributed by atoms with E-state index in [-0.39, 0.29) is 28.9 Å². The average Bonchev–Trinajstić information content (AvgIpc) is 3.37. The number of nitrogens with one attached hydrogen (secondary N) is 1. The highest BCUT2D eigenvalue weighted by Crippen LogP contribution is 2.49. The fourth-order valence-electron chi connectivity index (χ4n) is 6.63. The monoisotopic (exact) mass is 513 g/mol. The number of carbonyl (C=O) groups is 1. The van der Waals surface area contributed by atoms with Gasteiger partial charge in [-0.1, -0.05) is 31.2 Å². The number of aromatic amines is 1. The van der Waals surface area contributed by atoms with Gasteiger partial charge in [-0.25, -0.2) is 0 Å². The molecule has 2 N–H and O–H groups in total. The standard InChI is InChI=1S/C29H31N5O4/c1-16-11-22-23(34-25(18-7-9-38-10-8-18)31-32-26(34)27(36)30-22)12-21(16)28(37)33-15-17(2)20-6-4-3-5-19(20)13-29(33)14-24(29)35/h3-6,11-12,17-18,24,35H,7-10,13-15H2,1-2H3,(H,30,36). The highest BCUT2D eigenvalue weighted by molar-refractivity contribution is 6.00. The predicted molar refractivity (Wildman–Crippen MR) is 142 cm³/mol. The maximum atomic E-state index is 14.3. The second-order valence-corrected chi connectivity index (χ2v) is 11.3. The number of fused-ring (bicyclic) bond motifs is 4. The molecule has 2 aromatic heterocycles. The number of carbonyl (C=O) groups excluding carboxylic acids is 1. The normalized spacial score (nSPS) is 25.6. The molecule has 1 aliphatic carbocycles. The van der Waals surface area contributed by atoms with Gasteiger partial charge in [0.1, 0.15) is 5.82 Å². The van der Waals surface area contributed by atoms with Crippen LogP contribution < -0.4 is 5.56 Å². The van der Waals surface area contributed by atoms with Crippen molar-refractivity contribution in [3.8, 4) is 0 Å². The van der Waals surface area contributed by atoms with Crippen LogP contribution in [0.15, 0.2) is 41.2 Å². The Hall–Kier alpha value is -3.56. The molecule has 0 radical (unpaired) electrons. The third-order valence-corrected chi connectivity index (χ3v) is 8.87. The summed E-state index contributed by atoms with van der Waals surface area (Å²) in [5.74, 6) is 0.901. The Morgan fingerprint density at radius 3 is 2.71 bits per heavy atom. The van der Waals surface area contributed by atoms with Gasteiger partial charge in [0.25, 0.3) is 11.5 Å². The molecule has 38 heavy (non-hydrogen) atoms. The number of hydrogen-bond donors (Lipinski definition) is 2. The fourth-order valence-corrected chi connectivity index (χ4v) is 6.63. The minimum atomic E-state index is -0.594. The molecule has 2 aromatic carbocycles. The molecule has 9 nitrogen and oxygen atoms in total. The summed E-state index contributed by atoms with van der Waals surface area (Å²) in [5.41, 5.74) is 4.46. The summed E-state index contributed by atoms with van der Waals surface area (Å²) in [6, 6.07) is 12.0. The van der Waals surface area contributed by atoms with Gasteiger partial charge in [-0.05, 0) is 60.9 Å². The molecule has 2 fully saturated rings. The van der Waals surface area contributed by atoms with Crippen molar-refractivity contribution in [2.75, 3.05) is 19.8 Å². The SMILES string of the molecule is Cc1cc2[nH]c(=O)c3nnc(C4CCOCC4)n3c2cc1C(=O)N1CC(C)c2ccccc2CC12CC2O. The van der Waals surface area contributed by atoms with Crippen molar-refractivity contribution in [1.82, 2.24) is 24.5 Å². The van der Waals surface area contributed by atoms with Crippen molar-refractivity contribution in [3.63, 3.8) is 0 Å². The van der Waals surface area contributed by atoms with Crippen LogP contribution in [-0.4, -0.2) is 66.9 Å². The summed E-state index contributed by atoms with van der Waals surface area (Å²) < 4.78 is 7.36. The van der Waals surface area contributed by atoms with Crippen molar-refractivity contribution in [2.24, 2.45) is 0 Å². The molecule has 1 amide bonds. The predicted octanol–water partition coefficient (Wildman–Crippen LogP) is 3.08. The molecular weight excluding hydrogens is 482 g/mol. The summed E-state index contributed by atoms with van der Waals surface area (Å²) >= 11 is 0. The van der Waals surface area contributed by atoms with Crippen LogP contribution in [0.2, 0.25) is 0 Å². The molecule has 4 heterocycles. The van der Waals surface area contributed by atoms with E-state index in [0.717, 1.165) is 24.2 Å². The highest BCUT2D eigenvalue weighted by atomic mass is 16.5. The summed E-state index contributed by atoms with van der Waals surface area (Å²) in [6.45, 7) is 5.86. The quantitative estimate of drug-likeness (QED) is 0.426. The lowest BCUT2D eigenvalue weighted by atomic mass is 9.94. The molecule has 4 aromatic rings. The number of aryl methyl sites for hydroxylation is 1. The molecule has 2 aliphatic heterocycles. The van der Waals surface area contributed by atoms with Crippen LogP contribution in [0.25, 0.3) is 16.7 Å². The zero-order valence-electron chi connectivity index (χ0n) is 21.6. The van der Waals surface area contributed by atoms with Gasteiger partial charge >= 0.3 is 0 Å². The van der Waals surface area contributed by atoms with Crippen molar-refractivity contribution in [3.05, 3.63) is 74.8 Å². The molecular formula is C29H31N5O4. The van der Waals surface area contributed by atoms with Crippen LogP contribution >= 0.6 is 0 Å². The number of aliphatic hydroxyl groups is 1. The number of H-pyrrole nitrogens is 1. The number of rotatable bonds is 2. The Balaban J connectivity index is 1.36. The molecule has 3 atom stereocenters. The number of aromatic nitrogens is 4. The number of ether oxygens (including phenoxy) is 1. The van der Waals surface area contributed by atoms with Gasteiger partial charge in [0.05, 0.1) is 22.7 Å². The van der Waals surface area contributed by atoms with E-state index in [1.807, 2.05) is 40.5 Å². The van der Waals surface area contributed by atoms with Gasteiger partial charge in [0, 0.05) is 37.7 Å². The van der Waals surface area contributed by atoms with Crippen LogP contribution in [0.3, 0.4) is 0 Å². The first-order valence-corrected chi connectivity index (χ1v) is 13.4. The van der Waals surface area contributed by atoms with Gasteiger partial charge in [0.2, 0.25) is 5.65 Å². The molecule has 196 valence electrons. The number of nitrogens with zero attached hydrogens (tertiary/aromatic N) is 4. The maximum Gasteiger partial charge on any atom is 0.294 e. The van der Waals surface area contributed by atoms with Crippen molar-refractivity contribution < 1.29 is 14.6 Å². The van der Waals surface area contributed by atoms with E-state index < -0.39 is 11.6 Å². The zero-order valence-corrected chi connectivity index (χ0v) is 21.6. The molecule has 7 rings (SSSR count). The maximum absolute atomic E-state index is 14.3. The van der Waals surface area contributed by atoms with Crippen LogP contribution in [0.4, 0.5) is 0 Å². The lowest BCUT2D eigenvalue weighted by molar-refractivity contribution is 0.0567. The Kier molecular flexibility index (Phi) is 5.25. The highest BCUT2D eigenvalue weighted by Gasteiger charge is 2.60. The van der Waals surface area contributed by atoms with Crippen LogP contribution in [0.5, 0.6) is 0 Å². The Morgan fingerprint density at radius 1 is 1.18 bits per heavy atom. The van der Waals surface area contributed by atoms with Gasteiger partial charge in [0.15, 0.2) is 0 Å². The third-order valence-electron chi connectivity index (χ3n) is 8.87. The van der Waals surface area contributed by atoms with Gasteiger partial charge in [-0.15, -0.1) is 10.2 Å². The fraction of sp³-hybridized carbons (Fsp3) is 0.448. The van der Waals surface area contributed by atoms with E-state index in [1.54, 1.807) is 0 Å². The smallest absolute Gasteiger partial charge is 0.294 e. The molecule has 1 saturated carbocycles. The van der Waals surface area contributed by atoms with E-state index in [9.17, 15) is 14.7 Å². The second kappa shape index (κ2) is 8.47.